The molecule has 1 aromatic heterocycles. The van der Waals surface area contributed by atoms with E-state index in [-0.39, 0.29) is 5.54 Å². The first-order valence-corrected chi connectivity index (χ1v) is 7.48. The Kier molecular flexibility index (Phi) is 4.08. The monoisotopic (exact) mass is 285 g/mol. The Balaban J connectivity index is 1.73. The summed E-state index contributed by atoms with van der Waals surface area (Å²) in [5, 5.41) is 4.31. The van der Waals surface area contributed by atoms with Gasteiger partial charge in [-0.2, -0.15) is 5.10 Å². The predicted molar refractivity (Wildman–Crippen MR) is 83.1 cm³/mol. The molecule has 4 heteroatoms. The van der Waals surface area contributed by atoms with Gasteiger partial charge in [0.15, 0.2) is 0 Å². The summed E-state index contributed by atoms with van der Waals surface area (Å²) in [6.07, 6.45) is 6.30. The minimum absolute atomic E-state index is 0.258. The second kappa shape index (κ2) is 6.00. The van der Waals surface area contributed by atoms with Gasteiger partial charge in [-0.05, 0) is 37.1 Å². The van der Waals surface area contributed by atoms with Gasteiger partial charge in [-0.15, -0.1) is 0 Å². The first-order chi connectivity index (χ1) is 10.2. The standard InChI is InChI=1S/C17H23N3O/c1-19(17(8-9-17)14-21-2)12-15-6-3-4-7-16(15)13-20-11-5-10-18-20/h3-7,10-11H,8-9,12-14H2,1-2H3. The molecule has 1 saturated carbocycles. The van der Waals surface area contributed by atoms with Gasteiger partial charge in [0.25, 0.3) is 0 Å². The van der Waals surface area contributed by atoms with Crippen molar-refractivity contribution in [1.29, 1.82) is 0 Å². The SMILES string of the molecule is COCC1(N(C)Cc2ccccc2Cn2cccn2)CC1. The highest BCUT2D eigenvalue weighted by molar-refractivity contribution is 5.27. The summed E-state index contributed by atoms with van der Waals surface area (Å²) >= 11 is 0. The molecule has 4 nitrogen and oxygen atoms in total. The molecule has 0 aliphatic heterocycles. The van der Waals surface area contributed by atoms with Gasteiger partial charge in [0.1, 0.15) is 0 Å². The number of benzene rings is 1. The van der Waals surface area contributed by atoms with Gasteiger partial charge >= 0.3 is 0 Å². The maximum atomic E-state index is 5.39. The molecule has 1 aromatic carbocycles. The van der Waals surface area contributed by atoms with Crippen LogP contribution in [0.1, 0.15) is 24.0 Å². The largest absolute Gasteiger partial charge is 0.383 e. The molecule has 3 rings (SSSR count). The van der Waals surface area contributed by atoms with Crippen LogP contribution in [-0.4, -0.2) is 41.0 Å². The topological polar surface area (TPSA) is 30.3 Å². The average molecular weight is 285 g/mol. The van der Waals surface area contributed by atoms with Crippen LogP contribution in [0.15, 0.2) is 42.7 Å². The van der Waals surface area contributed by atoms with Crippen LogP contribution in [0.4, 0.5) is 0 Å². The molecule has 1 fully saturated rings. The first kappa shape index (κ1) is 14.3. The van der Waals surface area contributed by atoms with Gasteiger partial charge in [-0.3, -0.25) is 9.58 Å². The Morgan fingerprint density at radius 2 is 2.00 bits per heavy atom. The lowest BCUT2D eigenvalue weighted by Gasteiger charge is -2.28. The van der Waals surface area contributed by atoms with Crippen LogP contribution in [0, 0.1) is 0 Å². The molecule has 112 valence electrons. The molecule has 1 aliphatic rings. The summed E-state index contributed by atoms with van der Waals surface area (Å²) in [4.78, 5) is 2.44. The second-order valence-electron chi connectivity index (χ2n) is 5.99. The molecule has 0 atom stereocenters. The van der Waals surface area contributed by atoms with Crippen molar-refractivity contribution in [3.63, 3.8) is 0 Å². The number of hydrogen-bond acceptors (Lipinski definition) is 3. The zero-order valence-corrected chi connectivity index (χ0v) is 12.8. The molecule has 1 heterocycles. The van der Waals surface area contributed by atoms with Crippen molar-refractivity contribution in [3.8, 4) is 0 Å². The lowest BCUT2D eigenvalue weighted by Crippen LogP contribution is -2.37. The Morgan fingerprint density at radius 1 is 1.24 bits per heavy atom. The van der Waals surface area contributed by atoms with Crippen molar-refractivity contribution in [2.24, 2.45) is 0 Å². The molecular weight excluding hydrogens is 262 g/mol. The number of aromatic nitrogens is 2. The minimum Gasteiger partial charge on any atom is -0.383 e. The van der Waals surface area contributed by atoms with Gasteiger partial charge < -0.3 is 4.74 Å². The smallest absolute Gasteiger partial charge is 0.0662 e. The van der Waals surface area contributed by atoms with Crippen LogP contribution >= 0.6 is 0 Å². The summed E-state index contributed by atoms with van der Waals surface area (Å²) in [5.41, 5.74) is 2.97. The van der Waals surface area contributed by atoms with E-state index in [2.05, 4.69) is 41.3 Å². The molecule has 2 aromatic rings. The van der Waals surface area contributed by atoms with Crippen LogP contribution in [0.2, 0.25) is 0 Å². The summed E-state index contributed by atoms with van der Waals surface area (Å²) in [6.45, 7) is 2.61. The highest BCUT2D eigenvalue weighted by atomic mass is 16.5. The Hall–Kier alpha value is -1.65. The van der Waals surface area contributed by atoms with Crippen LogP contribution in [0.5, 0.6) is 0 Å². The molecule has 0 radical (unpaired) electrons. The van der Waals surface area contributed by atoms with Gasteiger partial charge in [0, 0.05) is 31.6 Å². The molecule has 0 amide bonds. The third-order valence-electron chi connectivity index (χ3n) is 4.47. The van der Waals surface area contributed by atoms with E-state index in [4.69, 9.17) is 4.74 Å². The summed E-state index contributed by atoms with van der Waals surface area (Å²) < 4.78 is 7.36. The number of ether oxygens (including phenoxy) is 1. The summed E-state index contributed by atoms with van der Waals surface area (Å²) in [6, 6.07) is 10.6. The fourth-order valence-electron chi connectivity index (χ4n) is 2.91. The number of likely N-dealkylation sites (N-methyl/N-ethyl adjacent to an activating group) is 1. The quantitative estimate of drug-likeness (QED) is 0.783. The molecule has 0 spiro atoms. The zero-order valence-electron chi connectivity index (χ0n) is 12.8. The predicted octanol–water partition coefficient (Wildman–Crippen LogP) is 2.54. The number of hydrogen-bond donors (Lipinski definition) is 0. The van der Waals surface area contributed by atoms with Crippen molar-refractivity contribution in [2.45, 2.75) is 31.5 Å². The van der Waals surface area contributed by atoms with Gasteiger partial charge in [0.05, 0.1) is 13.2 Å². The molecule has 0 N–H and O–H groups in total. The second-order valence-corrected chi connectivity index (χ2v) is 5.99. The summed E-state index contributed by atoms with van der Waals surface area (Å²) in [5.74, 6) is 0. The summed E-state index contributed by atoms with van der Waals surface area (Å²) in [7, 11) is 4.00. The van der Waals surface area contributed by atoms with Crippen molar-refractivity contribution in [2.75, 3.05) is 20.8 Å². The minimum atomic E-state index is 0.258. The maximum Gasteiger partial charge on any atom is 0.0662 e. The Bertz CT molecular complexity index is 575. The average Bonchev–Trinajstić information content (AvgIpc) is 3.09. The van der Waals surface area contributed by atoms with E-state index in [1.54, 1.807) is 7.11 Å². The molecule has 0 unspecified atom stereocenters. The first-order valence-electron chi connectivity index (χ1n) is 7.48. The number of nitrogens with zero attached hydrogens (tertiary/aromatic N) is 3. The van der Waals surface area contributed by atoms with Crippen molar-refractivity contribution >= 4 is 0 Å². The third kappa shape index (κ3) is 3.17. The van der Waals surface area contributed by atoms with Crippen molar-refractivity contribution in [1.82, 2.24) is 14.7 Å². The van der Waals surface area contributed by atoms with Crippen LogP contribution < -0.4 is 0 Å². The lowest BCUT2D eigenvalue weighted by molar-refractivity contribution is 0.0870. The van der Waals surface area contributed by atoms with E-state index in [0.717, 1.165) is 19.7 Å². The number of methoxy groups -OCH3 is 1. The zero-order chi connectivity index (χ0) is 14.7. The van der Waals surface area contributed by atoms with Gasteiger partial charge in [-0.25, -0.2) is 0 Å². The van der Waals surface area contributed by atoms with Crippen LogP contribution in [0.3, 0.4) is 0 Å². The maximum absolute atomic E-state index is 5.39. The van der Waals surface area contributed by atoms with E-state index in [0.29, 0.717) is 0 Å². The van der Waals surface area contributed by atoms with E-state index in [1.807, 2.05) is 23.1 Å². The van der Waals surface area contributed by atoms with Crippen molar-refractivity contribution in [3.05, 3.63) is 53.9 Å². The fraction of sp³-hybridized carbons (Fsp3) is 0.471. The third-order valence-corrected chi connectivity index (χ3v) is 4.47. The molecule has 1 aliphatic carbocycles. The van der Waals surface area contributed by atoms with E-state index in [1.165, 1.54) is 24.0 Å². The van der Waals surface area contributed by atoms with Crippen molar-refractivity contribution < 1.29 is 4.74 Å². The van der Waals surface area contributed by atoms with Gasteiger partial charge in [-0.1, -0.05) is 24.3 Å². The highest BCUT2D eigenvalue weighted by Crippen LogP contribution is 2.41. The Labute approximate surface area is 126 Å². The van der Waals surface area contributed by atoms with Gasteiger partial charge in [0.2, 0.25) is 0 Å². The fourth-order valence-corrected chi connectivity index (χ4v) is 2.91. The molecule has 0 saturated heterocycles. The van der Waals surface area contributed by atoms with E-state index < -0.39 is 0 Å². The lowest BCUT2D eigenvalue weighted by atomic mass is 10.1. The van der Waals surface area contributed by atoms with E-state index in [9.17, 15) is 0 Å². The highest BCUT2D eigenvalue weighted by Gasteiger charge is 2.46. The van der Waals surface area contributed by atoms with Crippen LogP contribution in [0.25, 0.3) is 0 Å². The molecular formula is C17H23N3O. The number of rotatable bonds is 7. The molecule has 21 heavy (non-hydrogen) atoms. The Morgan fingerprint density at radius 3 is 2.62 bits per heavy atom. The normalized spacial score (nSPS) is 16.3. The molecule has 0 bridgehead atoms. The van der Waals surface area contributed by atoms with Crippen LogP contribution in [-0.2, 0) is 17.8 Å². The van der Waals surface area contributed by atoms with E-state index >= 15 is 0 Å².